The van der Waals surface area contributed by atoms with Crippen LogP contribution < -0.4 is 0 Å². The van der Waals surface area contributed by atoms with Gasteiger partial charge in [0.05, 0.1) is 11.6 Å². The van der Waals surface area contributed by atoms with Crippen molar-refractivity contribution in [1.29, 1.82) is 5.26 Å². The molecule has 4 heteroatoms. The van der Waals surface area contributed by atoms with Gasteiger partial charge in [0.15, 0.2) is 17.5 Å². The lowest BCUT2D eigenvalue weighted by Crippen LogP contribution is -2.42. The van der Waals surface area contributed by atoms with Gasteiger partial charge in [-0.25, -0.2) is 15.0 Å². The zero-order valence-corrected chi connectivity index (χ0v) is 31.4. The van der Waals surface area contributed by atoms with Crippen molar-refractivity contribution in [3.63, 3.8) is 0 Å². The summed E-state index contributed by atoms with van der Waals surface area (Å²) in [5.41, 5.74) is 7.24. The highest BCUT2D eigenvalue weighted by Gasteiger charge is 2.46. The standard InChI is InChI=1S/C48H52N4/c1-30-17-35-18-31(2)24-47(23-30,27-35)42-13-9-37(10-14-42)44-50-45(52-46(51-44)41-8-7-39-21-34(29-49)5-6-40(39)22-41)38-11-15-43(16-12-38)48-25-32(3)19-36(28-48)20-33(4)26-48/h5-16,21-22,30-33,35-36H,17-20,23-28H2,1-4H3/t30-,31+,32-,33+,35?,36?,47?,48?. The maximum atomic E-state index is 9.44. The quantitative estimate of drug-likeness (QED) is 0.185. The van der Waals surface area contributed by atoms with E-state index in [9.17, 15) is 5.26 Å². The molecule has 4 nitrogen and oxygen atoms in total. The van der Waals surface area contributed by atoms with Crippen LogP contribution in [0.25, 0.3) is 44.9 Å². The number of nitriles is 1. The third kappa shape index (κ3) is 6.15. The Labute approximate surface area is 310 Å². The Morgan fingerprint density at radius 2 is 0.865 bits per heavy atom. The largest absolute Gasteiger partial charge is 0.208 e. The van der Waals surface area contributed by atoms with Gasteiger partial charge in [-0.3, -0.25) is 0 Å². The third-order valence-corrected chi connectivity index (χ3v) is 13.6. The molecule has 4 unspecified atom stereocenters. The first-order valence-electron chi connectivity index (χ1n) is 20.1. The van der Waals surface area contributed by atoms with Gasteiger partial charge in [0, 0.05) is 16.7 Å². The molecule has 8 atom stereocenters. The molecular formula is C48H52N4. The van der Waals surface area contributed by atoms with Crippen molar-refractivity contribution in [3.05, 3.63) is 102 Å². The van der Waals surface area contributed by atoms with E-state index in [1.165, 1.54) is 75.3 Å². The highest BCUT2D eigenvalue weighted by atomic mass is 15.0. The molecule has 4 aliphatic rings. The third-order valence-electron chi connectivity index (χ3n) is 13.6. The Kier molecular flexibility index (Phi) is 8.33. The summed E-state index contributed by atoms with van der Waals surface area (Å²) in [5.74, 6) is 6.92. The van der Waals surface area contributed by atoms with Crippen molar-refractivity contribution in [2.24, 2.45) is 35.5 Å². The molecule has 9 rings (SSSR count). The van der Waals surface area contributed by atoms with Crippen LogP contribution >= 0.6 is 0 Å². The molecule has 1 heterocycles. The number of nitrogens with zero attached hydrogens (tertiary/aromatic N) is 4. The average molecular weight is 685 g/mol. The van der Waals surface area contributed by atoms with Crippen LogP contribution in [-0.4, -0.2) is 15.0 Å². The molecule has 264 valence electrons. The van der Waals surface area contributed by atoms with Crippen molar-refractivity contribution in [2.45, 2.75) is 103 Å². The molecule has 0 N–H and O–H groups in total. The summed E-state index contributed by atoms with van der Waals surface area (Å²) in [7, 11) is 0. The predicted molar refractivity (Wildman–Crippen MR) is 212 cm³/mol. The van der Waals surface area contributed by atoms with Crippen molar-refractivity contribution in [3.8, 4) is 40.2 Å². The minimum Gasteiger partial charge on any atom is -0.208 e. The van der Waals surface area contributed by atoms with Crippen LogP contribution in [0.1, 0.15) is 109 Å². The molecule has 1 aromatic heterocycles. The normalized spacial score (nSPS) is 31.2. The second-order valence-corrected chi connectivity index (χ2v) is 18.2. The van der Waals surface area contributed by atoms with Crippen molar-refractivity contribution in [2.75, 3.05) is 0 Å². The molecule has 4 saturated carbocycles. The Bertz CT molecular complexity index is 2020. The Hall–Kier alpha value is -4.36. The first-order chi connectivity index (χ1) is 25.2. The molecule has 0 saturated heterocycles. The van der Waals surface area contributed by atoms with Crippen LogP contribution in [0, 0.1) is 46.8 Å². The van der Waals surface area contributed by atoms with Crippen LogP contribution in [0.3, 0.4) is 0 Å². The van der Waals surface area contributed by atoms with E-state index in [1.54, 1.807) is 0 Å². The molecule has 4 aliphatic carbocycles. The highest BCUT2D eigenvalue weighted by molar-refractivity contribution is 5.87. The van der Waals surface area contributed by atoms with E-state index in [1.807, 2.05) is 18.2 Å². The number of aromatic nitrogens is 3. The number of hydrogen-bond donors (Lipinski definition) is 0. The van der Waals surface area contributed by atoms with E-state index in [4.69, 9.17) is 15.0 Å². The fourth-order valence-electron chi connectivity index (χ4n) is 12.3. The molecule has 4 fully saturated rings. The van der Waals surface area contributed by atoms with Crippen molar-refractivity contribution < 1.29 is 0 Å². The van der Waals surface area contributed by atoms with Crippen LogP contribution in [0.15, 0.2) is 84.9 Å². The van der Waals surface area contributed by atoms with E-state index in [0.29, 0.717) is 23.0 Å². The topological polar surface area (TPSA) is 62.5 Å². The molecule has 0 spiro atoms. The summed E-state index contributed by atoms with van der Waals surface area (Å²) < 4.78 is 0. The molecule has 0 amide bonds. The van der Waals surface area contributed by atoms with Gasteiger partial charge in [0.2, 0.25) is 0 Å². The van der Waals surface area contributed by atoms with Crippen molar-refractivity contribution in [1.82, 2.24) is 15.0 Å². The van der Waals surface area contributed by atoms with Gasteiger partial charge >= 0.3 is 0 Å². The molecule has 0 radical (unpaired) electrons. The van der Waals surface area contributed by atoms with Gasteiger partial charge in [-0.2, -0.15) is 5.26 Å². The summed E-state index contributed by atoms with van der Waals surface area (Å²) in [6.07, 6.45) is 13.4. The van der Waals surface area contributed by atoms with Gasteiger partial charge in [-0.15, -0.1) is 0 Å². The molecule has 4 bridgehead atoms. The van der Waals surface area contributed by atoms with Crippen LogP contribution in [0.4, 0.5) is 0 Å². The lowest BCUT2D eigenvalue weighted by atomic mass is 9.54. The summed E-state index contributed by atoms with van der Waals surface area (Å²) >= 11 is 0. The maximum Gasteiger partial charge on any atom is 0.164 e. The Morgan fingerprint density at radius 1 is 0.481 bits per heavy atom. The molecular weight excluding hydrogens is 633 g/mol. The molecule has 0 aliphatic heterocycles. The monoisotopic (exact) mass is 684 g/mol. The van der Waals surface area contributed by atoms with E-state index in [2.05, 4.69) is 100 Å². The van der Waals surface area contributed by atoms with E-state index in [-0.39, 0.29) is 10.8 Å². The van der Waals surface area contributed by atoms with E-state index < -0.39 is 0 Å². The predicted octanol–water partition coefficient (Wildman–Crippen LogP) is 12.1. The fourth-order valence-corrected chi connectivity index (χ4v) is 12.3. The summed E-state index contributed by atoms with van der Waals surface area (Å²) in [5, 5.41) is 11.5. The maximum absolute atomic E-state index is 9.44. The lowest BCUT2D eigenvalue weighted by Gasteiger charge is -2.50. The first-order valence-corrected chi connectivity index (χ1v) is 20.1. The smallest absolute Gasteiger partial charge is 0.164 e. The summed E-state index contributed by atoms with van der Waals surface area (Å²) in [4.78, 5) is 15.5. The van der Waals surface area contributed by atoms with Crippen LogP contribution in [0.5, 0.6) is 0 Å². The van der Waals surface area contributed by atoms with Crippen LogP contribution in [0.2, 0.25) is 0 Å². The minimum absolute atomic E-state index is 0.290. The number of hydrogen-bond acceptors (Lipinski definition) is 4. The number of rotatable bonds is 5. The average Bonchev–Trinajstić information content (AvgIpc) is 3.13. The van der Waals surface area contributed by atoms with E-state index >= 15 is 0 Å². The highest BCUT2D eigenvalue weighted by Crippen LogP contribution is 2.55. The molecule has 52 heavy (non-hydrogen) atoms. The van der Waals surface area contributed by atoms with Crippen molar-refractivity contribution >= 4 is 10.8 Å². The Balaban J connectivity index is 1.10. The summed E-state index contributed by atoms with van der Waals surface area (Å²) in [6.45, 7) is 9.84. The van der Waals surface area contributed by atoms with Gasteiger partial charge in [-0.1, -0.05) is 94.4 Å². The van der Waals surface area contributed by atoms with Gasteiger partial charge in [0.1, 0.15) is 0 Å². The van der Waals surface area contributed by atoms with Crippen LogP contribution in [-0.2, 0) is 10.8 Å². The second-order valence-electron chi connectivity index (χ2n) is 18.2. The number of fused-ring (bicyclic) bond motifs is 5. The fraction of sp³-hybridized carbons (Fsp3) is 0.458. The second kappa shape index (κ2) is 12.9. The molecule has 4 aromatic carbocycles. The first kappa shape index (κ1) is 33.5. The zero-order chi connectivity index (χ0) is 35.6. The lowest BCUT2D eigenvalue weighted by molar-refractivity contribution is 0.0779. The van der Waals surface area contributed by atoms with Gasteiger partial charge in [-0.05, 0) is 151 Å². The minimum atomic E-state index is 0.290. The van der Waals surface area contributed by atoms with Gasteiger partial charge < -0.3 is 0 Å². The number of benzene rings is 4. The SMILES string of the molecule is C[C@@H]1CC2C[C@H](C)CC(c3ccc(-c4nc(-c5ccc(C67CC(C[C@@H](C)C6)C[C@H](C)C7)cc5)nc(-c5ccc6cc(C#N)ccc6c5)n4)cc3)(C2)C1. The van der Waals surface area contributed by atoms with Gasteiger partial charge in [0.25, 0.3) is 0 Å². The summed E-state index contributed by atoms with van der Waals surface area (Å²) in [6, 6.07) is 33.0. The van der Waals surface area contributed by atoms with E-state index in [0.717, 1.165) is 63.0 Å². The Morgan fingerprint density at radius 3 is 1.31 bits per heavy atom. The molecule has 5 aromatic rings. The zero-order valence-electron chi connectivity index (χ0n) is 31.4.